The maximum Gasteiger partial charge on any atom is 0.322 e. The van der Waals surface area contributed by atoms with Crippen molar-refractivity contribution in [2.24, 2.45) is 0 Å². The molecule has 0 radical (unpaired) electrons. The Morgan fingerprint density at radius 1 is 1.29 bits per heavy atom. The van der Waals surface area contributed by atoms with Crippen LogP contribution in [0.3, 0.4) is 0 Å². The van der Waals surface area contributed by atoms with Gasteiger partial charge in [0.1, 0.15) is 5.75 Å². The van der Waals surface area contributed by atoms with Gasteiger partial charge in [-0.05, 0) is 31.0 Å². The fraction of sp³-hybridized carbons (Fsp3) is 0.429. The normalized spacial score (nSPS) is 19.0. The fourth-order valence-corrected chi connectivity index (χ4v) is 3.62. The average molecular weight is 385 g/mol. The van der Waals surface area contributed by atoms with Crippen molar-refractivity contribution >= 4 is 11.9 Å². The highest BCUT2D eigenvalue weighted by molar-refractivity contribution is 6.01. The van der Waals surface area contributed by atoms with Gasteiger partial charge in [0.25, 0.3) is 5.91 Å². The van der Waals surface area contributed by atoms with Crippen LogP contribution in [0.15, 0.2) is 48.2 Å². The number of benzene rings is 1. The van der Waals surface area contributed by atoms with E-state index in [0.717, 1.165) is 23.4 Å². The molecular formula is C21H27N3O4. The van der Waals surface area contributed by atoms with Crippen LogP contribution >= 0.6 is 0 Å². The van der Waals surface area contributed by atoms with Gasteiger partial charge >= 0.3 is 6.03 Å². The van der Waals surface area contributed by atoms with E-state index in [2.05, 4.69) is 11.9 Å². The Hall–Kier alpha value is -2.80. The molecule has 0 spiro atoms. The molecule has 0 aliphatic carbocycles. The minimum Gasteiger partial charge on any atom is -0.494 e. The van der Waals surface area contributed by atoms with E-state index in [4.69, 9.17) is 9.47 Å². The third kappa shape index (κ3) is 3.89. The number of carbonyl (C=O) groups excluding carboxylic acids is 2. The fourth-order valence-electron chi connectivity index (χ4n) is 3.62. The molecule has 3 rings (SSSR count). The predicted octanol–water partition coefficient (Wildman–Crippen LogP) is 2.47. The zero-order chi connectivity index (χ0) is 20.1. The molecule has 1 N–H and O–H groups in total. The lowest BCUT2D eigenvalue weighted by Crippen LogP contribution is -2.47. The van der Waals surface area contributed by atoms with Crippen molar-refractivity contribution in [3.63, 3.8) is 0 Å². The second-order valence-electron chi connectivity index (χ2n) is 6.72. The Morgan fingerprint density at radius 3 is 2.68 bits per heavy atom. The van der Waals surface area contributed by atoms with Crippen molar-refractivity contribution in [1.29, 1.82) is 0 Å². The van der Waals surface area contributed by atoms with Crippen molar-refractivity contribution in [1.82, 2.24) is 15.1 Å². The van der Waals surface area contributed by atoms with E-state index >= 15 is 0 Å². The second kappa shape index (κ2) is 8.93. The first-order valence-electron chi connectivity index (χ1n) is 9.53. The van der Waals surface area contributed by atoms with Gasteiger partial charge in [-0.15, -0.1) is 6.58 Å². The number of amides is 3. The van der Waals surface area contributed by atoms with Crippen LogP contribution in [0.2, 0.25) is 0 Å². The lowest BCUT2D eigenvalue weighted by atomic mass is 9.95. The van der Waals surface area contributed by atoms with Crippen LogP contribution in [0, 0.1) is 0 Å². The van der Waals surface area contributed by atoms with E-state index < -0.39 is 6.04 Å². The van der Waals surface area contributed by atoms with Gasteiger partial charge in [0, 0.05) is 26.8 Å². The van der Waals surface area contributed by atoms with Crippen molar-refractivity contribution < 1.29 is 19.1 Å². The first kappa shape index (κ1) is 19.9. The van der Waals surface area contributed by atoms with Crippen molar-refractivity contribution in [2.75, 3.05) is 40.0 Å². The van der Waals surface area contributed by atoms with Crippen LogP contribution in [-0.2, 0) is 9.53 Å². The largest absolute Gasteiger partial charge is 0.494 e. The average Bonchev–Trinajstić information content (AvgIpc) is 3.02. The van der Waals surface area contributed by atoms with Crippen LogP contribution in [0.25, 0.3) is 0 Å². The highest BCUT2D eigenvalue weighted by Gasteiger charge is 2.43. The molecular weight excluding hydrogens is 358 g/mol. The molecule has 2 aliphatic heterocycles. The quantitative estimate of drug-likeness (QED) is 0.524. The molecule has 2 heterocycles. The number of carbonyl (C=O) groups is 2. The highest BCUT2D eigenvalue weighted by Crippen LogP contribution is 2.36. The molecule has 0 aromatic heterocycles. The van der Waals surface area contributed by atoms with Gasteiger partial charge in [0.15, 0.2) is 0 Å². The maximum atomic E-state index is 13.1. The standard InChI is InChI=1S/C21H27N3O4/c1-4-11-24-17-14-23(12-6-13-27-3)20(25)18(17)19(22-21(24)26)15-7-9-16(10-8-15)28-5-2/h4,7-10,19H,1,5-6,11-14H2,2-3H3,(H,22,26)/t19-/m0/s1. The Bertz CT molecular complexity index is 772. The third-order valence-corrected chi connectivity index (χ3v) is 4.91. The van der Waals surface area contributed by atoms with Crippen LogP contribution in [0.1, 0.15) is 24.9 Å². The molecule has 1 atom stereocenters. The Morgan fingerprint density at radius 2 is 2.04 bits per heavy atom. The predicted molar refractivity (Wildman–Crippen MR) is 106 cm³/mol. The molecule has 28 heavy (non-hydrogen) atoms. The minimum atomic E-state index is -0.473. The molecule has 2 aliphatic rings. The highest BCUT2D eigenvalue weighted by atomic mass is 16.5. The van der Waals surface area contributed by atoms with Crippen molar-refractivity contribution in [3.05, 3.63) is 53.8 Å². The SMILES string of the molecule is C=CCN1C(=O)N[C@@H](c2ccc(OCC)cc2)C2=C1CN(CCCOC)C2=O. The number of nitrogens with zero attached hydrogens (tertiary/aromatic N) is 2. The van der Waals surface area contributed by atoms with E-state index in [1.54, 1.807) is 23.0 Å². The Balaban J connectivity index is 1.91. The number of nitrogens with one attached hydrogen (secondary N) is 1. The summed E-state index contributed by atoms with van der Waals surface area (Å²) in [6.07, 6.45) is 2.42. The molecule has 3 amide bonds. The van der Waals surface area contributed by atoms with Crippen LogP contribution in [0.5, 0.6) is 5.75 Å². The van der Waals surface area contributed by atoms with E-state index in [1.165, 1.54) is 0 Å². The molecule has 0 bridgehead atoms. The smallest absolute Gasteiger partial charge is 0.322 e. The number of hydrogen-bond acceptors (Lipinski definition) is 4. The van der Waals surface area contributed by atoms with E-state index in [9.17, 15) is 9.59 Å². The number of rotatable bonds is 9. The lowest BCUT2D eigenvalue weighted by molar-refractivity contribution is -0.125. The van der Waals surface area contributed by atoms with Gasteiger partial charge in [-0.1, -0.05) is 18.2 Å². The Labute approximate surface area is 165 Å². The molecule has 0 saturated heterocycles. The van der Waals surface area contributed by atoms with Crippen molar-refractivity contribution in [2.45, 2.75) is 19.4 Å². The molecule has 1 aromatic carbocycles. The first-order valence-corrected chi connectivity index (χ1v) is 9.53. The van der Waals surface area contributed by atoms with Crippen LogP contribution in [0.4, 0.5) is 4.79 Å². The van der Waals surface area contributed by atoms with Gasteiger partial charge in [-0.25, -0.2) is 4.79 Å². The first-order chi connectivity index (χ1) is 13.6. The van der Waals surface area contributed by atoms with E-state index in [-0.39, 0.29) is 11.9 Å². The summed E-state index contributed by atoms with van der Waals surface area (Å²) in [6, 6.07) is 6.81. The van der Waals surface area contributed by atoms with Gasteiger partial charge in [0.05, 0.1) is 30.5 Å². The van der Waals surface area contributed by atoms with Crippen molar-refractivity contribution in [3.8, 4) is 5.75 Å². The molecule has 0 fully saturated rings. The number of urea groups is 1. The molecule has 7 nitrogen and oxygen atoms in total. The summed E-state index contributed by atoms with van der Waals surface area (Å²) in [7, 11) is 1.64. The second-order valence-corrected chi connectivity index (χ2v) is 6.72. The zero-order valence-electron chi connectivity index (χ0n) is 16.4. The molecule has 150 valence electrons. The van der Waals surface area contributed by atoms with Crippen LogP contribution in [-0.4, -0.2) is 61.7 Å². The summed E-state index contributed by atoms with van der Waals surface area (Å²) >= 11 is 0. The van der Waals surface area contributed by atoms with Gasteiger partial charge in [-0.3, -0.25) is 9.69 Å². The number of ether oxygens (including phenoxy) is 2. The summed E-state index contributed by atoms with van der Waals surface area (Å²) < 4.78 is 10.6. The van der Waals surface area contributed by atoms with Gasteiger partial charge < -0.3 is 19.7 Å². The Kier molecular flexibility index (Phi) is 6.36. The monoisotopic (exact) mass is 385 g/mol. The third-order valence-electron chi connectivity index (χ3n) is 4.91. The molecule has 7 heteroatoms. The topological polar surface area (TPSA) is 71.1 Å². The minimum absolute atomic E-state index is 0.0425. The summed E-state index contributed by atoms with van der Waals surface area (Å²) in [6.45, 7) is 8.20. The van der Waals surface area contributed by atoms with E-state index in [0.29, 0.717) is 38.4 Å². The summed E-state index contributed by atoms with van der Waals surface area (Å²) in [4.78, 5) is 29.2. The molecule has 0 unspecified atom stereocenters. The number of methoxy groups -OCH3 is 1. The van der Waals surface area contributed by atoms with E-state index in [1.807, 2.05) is 31.2 Å². The maximum absolute atomic E-state index is 13.1. The summed E-state index contributed by atoms with van der Waals surface area (Å²) in [5.41, 5.74) is 2.24. The summed E-state index contributed by atoms with van der Waals surface area (Å²) in [5, 5.41) is 2.98. The number of hydrogen-bond donors (Lipinski definition) is 1. The molecule has 1 aromatic rings. The zero-order valence-corrected chi connectivity index (χ0v) is 16.4. The summed E-state index contributed by atoms with van der Waals surface area (Å²) in [5.74, 6) is 0.717. The van der Waals surface area contributed by atoms with Crippen LogP contribution < -0.4 is 10.1 Å². The van der Waals surface area contributed by atoms with Gasteiger partial charge in [-0.2, -0.15) is 0 Å². The van der Waals surface area contributed by atoms with Gasteiger partial charge in [0.2, 0.25) is 0 Å². The lowest BCUT2D eigenvalue weighted by Gasteiger charge is -2.33. The molecule has 0 saturated carbocycles.